The van der Waals surface area contributed by atoms with E-state index in [-0.39, 0.29) is 12.5 Å². The number of hydrogen-bond donors (Lipinski definition) is 2. The highest BCUT2D eigenvalue weighted by Crippen LogP contribution is 2.28. The smallest absolute Gasteiger partial charge is 0.325 e. The van der Waals surface area contributed by atoms with Crippen molar-refractivity contribution in [1.29, 1.82) is 0 Å². The largest absolute Gasteiger partial charge is 0.354 e. The Bertz CT molecular complexity index is 855. The fourth-order valence-corrected chi connectivity index (χ4v) is 3.13. The highest BCUT2D eigenvalue weighted by Gasteiger charge is 2.49. The van der Waals surface area contributed by atoms with Crippen LogP contribution in [0.25, 0.3) is 0 Å². The van der Waals surface area contributed by atoms with E-state index in [0.29, 0.717) is 23.6 Å². The molecule has 1 heterocycles. The van der Waals surface area contributed by atoms with Crippen LogP contribution in [0.3, 0.4) is 0 Å². The Balaban J connectivity index is 1.57. The second-order valence-corrected chi connectivity index (χ2v) is 6.98. The zero-order valence-electron chi connectivity index (χ0n) is 14.9. The van der Waals surface area contributed by atoms with Crippen LogP contribution >= 0.6 is 11.6 Å². The third-order valence-corrected chi connectivity index (χ3v) is 4.83. The van der Waals surface area contributed by atoms with E-state index in [1.165, 1.54) is 0 Å². The number of imide groups is 1. The monoisotopic (exact) mass is 385 g/mol. The summed E-state index contributed by atoms with van der Waals surface area (Å²) in [5.41, 5.74) is 0.544. The van der Waals surface area contributed by atoms with Crippen LogP contribution in [0, 0.1) is 0 Å². The highest BCUT2D eigenvalue weighted by atomic mass is 35.5. The topological polar surface area (TPSA) is 78.5 Å². The number of rotatable bonds is 6. The lowest BCUT2D eigenvalue weighted by molar-refractivity contribution is -0.134. The van der Waals surface area contributed by atoms with Crippen molar-refractivity contribution in [3.63, 3.8) is 0 Å². The predicted molar refractivity (Wildman–Crippen MR) is 102 cm³/mol. The molecule has 3 rings (SSSR count). The molecule has 2 aromatic rings. The molecule has 0 spiro atoms. The number of benzene rings is 2. The highest BCUT2D eigenvalue weighted by molar-refractivity contribution is 6.30. The Morgan fingerprint density at radius 1 is 1.11 bits per heavy atom. The lowest BCUT2D eigenvalue weighted by Crippen LogP contribution is -2.43. The molecular formula is C20H20ClN3O3. The van der Waals surface area contributed by atoms with Crippen LogP contribution in [-0.4, -0.2) is 35.8 Å². The van der Waals surface area contributed by atoms with Crippen LogP contribution in [0.15, 0.2) is 54.6 Å². The van der Waals surface area contributed by atoms with Crippen LogP contribution in [0.4, 0.5) is 4.79 Å². The van der Waals surface area contributed by atoms with Gasteiger partial charge in [-0.05, 0) is 36.6 Å². The summed E-state index contributed by atoms with van der Waals surface area (Å²) in [5.74, 6) is -0.823. The number of nitrogens with zero attached hydrogens (tertiary/aromatic N) is 1. The normalized spacial score (nSPS) is 19.1. The molecule has 0 aliphatic carbocycles. The molecule has 6 nitrogen and oxygen atoms in total. The quantitative estimate of drug-likeness (QED) is 0.750. The van der Waals surface area contributed by atoms with Gasteiger partial charge in [-0.3, -0.25) is 14.5 Å². The van der Waals surface area contributed by atoms with E-state index in [9.17, 15) is 14.4 Å². The second kappa shape index (κ2) is 7.80. The van der Waals surface area contributed by atoms with Crippen LogP contribution in [0.1, 0.15) is 18.1 Å². The minimum atomic E-state index is -1.16. The SMILES string of the molecule is CC1(c2ccccc2)NC(=O)N(CC(=O)NCCc2ccc(Cl)cc2)C1=O. The lowest BCUT2D eigenvalue weighted by Gasteiger charge is -2.22. The summed E-state index contributed by atoms with van der Waals surface area (Å²) in [6.07, 6.45) is 0.630. The summed E-state index contributed by atoms with van der Waals surface area (Å²) in [6.45, 7) is 1.73. The summed E-state index contributed by atoms with van der Waals surface area (Å²) in [4.78, 5) is 38.1. The first-order chi connectivity index (χ1) is 12.9. The van der Waals surface area contributed by atoms with Gasteiger partial charge in [-0.25, -0.2) is 4.79 Å². The first-order valence-electron chi connectivity index (χ1n) is 8.61. The number of carbonyl (C=O) groups excluding carboxylic acids is 3. The maximum absolute atomic E-state index is 12.8. The summed E-state index contributed by atoms with van der Waals surface area (Å²) < 4.78 is 0. The third kappa shape index (κ3) is 4.11. The third-order valence-electron chi connectivity index (χ3n) is 4.58. The van der Waals surface area contributed by atoms with E-state index in [4.69, 9.17) is 11.6 Å². The van der Waals surface area contributed by atoms with Crippen LogP contribution in [0.2, 0.25) is 5.02 Å². The molecule has 1 saturated heterocycles. The van der Waals surface area contributed by atoms with Gasteiger partial charge in [0, 0.05) is 11.6 Å². The van der Waals surface area contributed by atoms with Gasteiger partial charge in [0.15, 0.2) is 0 Å². The first kappa shape index (κ1) is 18.9. The number of halogens is 1. The summed E-state index contributed by atoms with van der Waals surface area (Å²) in [7, 11) is 0. The van der Waals surface area contributed by atoms with Gasteiger partial charge in [0.05, 0.1) is 0 Å². The van der Waals surface area contributed by atoms with Crippen LogP contribution in [-0.2, 0) is 21.5 Å². The van der Waals surface area contributed by atoms with Crippen molar-refractivity contribution in [3.05, 3.63) is 70.7 Å². The molecule has 1 fully saturated rings. The molecule has 2 aromatic carbocycles. The van der Waals surface area contributed by atoms with Crippen molar-refractivity contribution in [2.45, 2.75) is 18.9 Å². The van der Waals surface area contributed by atoms with Crippen molar-refractivity contribution < 1.29 is 14.4 Å². The molecule has 1 aliphatic rings. The van der Waals surface area contributed by atoms with E-state index in [1.54, 1.807) is 43.3 Å². The Labute approximate surface area is 162 Å². The van der Waals surface area contributed by atoms with E-state index in [1.807, 2.05) is 18.2 Å². The molecule has 1 aliphatic heterocycles. The predicted octanol–water partition coefficient (Wildman–Crippen LogP) is 2.47. The Hall–Kier alpha value is -2.86. The molecule has 2 N–H and O–H groups in total. The maximum atomic E-state index is 12.8. The average molecular weight is 386 g/mol. The molecule has 0 bridgehead atoms. The van der Waals surface area contributed by atoms with Gasteiger partial charge in [0.25, 0.3) is 5.91 Å². The maximum Gasteiger partial charge on any atom is 0.325 e. The van der Waals surface area contributed by atoms with Gasteiger partial charge in [0.2, 0.25) is 5.91 Å². The van der Waals surface area contributed by atoms with Gasteiger partial charge in [-0.2, -0.15) is 0 Å². The van der Waals surface area contributed by atoms with Crippen molar-refractivity contribution in [2.75, 3.05) is 13.1 Å². The van der Waals surface area contributed by atoms with Crippen molar-refractivity contribution in [1.82, 2.24) is 15.5 Å². The number of urea groups is 1. The fourth-order valence-electron chi connectivity index (χ4n) is 3.00. The number of amides is 4. The molecule has 1 atom stereocenters. The van der Waals surface area contributed by atoms with Crippen molar-refractivity contribution >= 4 is 29.4 Å². The first-order valence-corrected chi connectivity index (χ1v) is 8.99. The molecule has 4 amide bonds. The Morgan fingerprint density at radius 2 is 1.78 bits per heavy atom. The van der Waals surface area contributed by atoms with E-state index in [2.05, 4.69) is 10.6 Å². The summed E-state index contributed by atoms with van der Waals surface area (Å²) >= 11 is 5.84. The minimum Gasteiger partial charge on any atom is -0.354 e. The van der Waals surface area contributed by atoms with Crippen molar-refractivity contribution in [3.8, 4) is 0 Å². The van der Waals surface area contributed by atoms with E-state index < -0.39 is 17.5 Å². The standard InChI is InChI=1S/C20H20ClN3O3/c1-20(15-5-3-2-4-6-15)18(26)24(19(27)23-20)13-17(25)22-12-11-14-7-9-16(21)10-8-14/h2-10H,11-13H2,1H3,(H,22,25)(H,23,27). The summed E-state index contributed by atoms with van der Waals surface area (Å²) in [6, 6.07) is 15.8. The molecular weight excluding hydrogens is 366 g/mol. The van der Waals surface area contributed by atoms with Crippen LogP contribution in [0.5, 0.6) is 0 Å². The number of nitrogens with one attached hydrogen (secondary N) is 2. The fraction of sp³-hybridized carbons (Fsp3) is 0.250. The van der Waals surface area contributed by atoms with Gasteiger partial charge < -0.3 is 10.6 Å². The number of carbonyl (C=O) groups is 3. The molecule has 7 heteroatoms. The zero-order chi connectivity index (χ0) is 19.4. The minimum absolute atomic E-state index is 0.312. The molecule has 0 aromatic heterocycles. The second-order valence-electron chi connectivity index (χ2n) is 6.54. The van der Waals surface area contributed by atoms with Crippen molar-refractivity contribution in [2.24, 2.45) is 0 Å². The summed E-state index contributed by atoms with van der Waals surface area (Å²) in [5, 5.41) is 6.07. The molecule has 0 radical (unpaired) electrons. The average Bonchev–Trinajstić information content (AvgIpc) is 2.88. The molecule has 1 unspecified atom stereocenters. The van der Waals surface area contributed by atoms with Crippen LogP contribution < -0.4 is 10.6 Å². The Kier molecular flexibility index (Phi) is 5.46. The Morgan fingerprint density at radius 3 is 2.44 bits per heavy atom. The number of hydrogen-bond acceptors (Lipinski definition) is 3. The van der Waals surface area contributed by atoms with Gasteiger partial charge in [-0.1, -0.05) is 54.1 Å². The molecule has 0 saturated carbocycles. The lowest BCUT2D eigenvalue weighted by atomic mass is 9.92. The van der Waals surface area contributed by atoms with Gasteiger partial charge in [-0.15, -0.1) is 0 Å². The van der Waals surface area contributed by atoms with E-state index >= 15 is 0 Å². The zero-order valence-corrected chi connectivity index (χ0v) is 15.6. The molecule has 27 heavy (non-hydrogen) atoms. The van der Waals surface area contributed by atoms with Gasteiger partial charge in [0.1, 0.15) is 12.1 Å². The van der Waals surface area contributed by atoms with Gasteiger partial charge >= 0.3 is 6.03 Å². The molecule has 140 valence electrons. The van der Waals surface area contributed by atoms with E-state index in [0.717, 1.165) is 10.5 Å².